The van der Waals surface area contributed by atoms with Crippen molar-refractivity contribution in [3.8, 4) is 0 Å². The fourth-order valence-electron chi connectivity index (χ4n) is 2.93. The first-order valence-electron chi connectivity index (χ1n) is 5.11. The van der Waals surface area contributed by atoms with Crippen molar-refractivity contribution in [2.75, 3.05) is 6.54 Å². The van der Waals surface area contributed by atoms with E-state index in [-0.39, 0.29) is 0 Å². The van der Waals surface area contributed by atoms with Crippen molar-refractivity contribution in [2.24, 2.45) is 0 Å². The lowest BCUT2D eigenvalue weighted by molar-refractivity contribution is -0.118. The van der Waals surface area contributed by atoms with Crippen LogP contribution < -0.4 is 0 Å². The summed E-state index contributed by atoms with van der Waals surface area (Å²) in [6, 6.07) is 11.1. The Morgan fingerprint density at radius 2 is 2.00 bits per heavy atom. The molecule has 1 aromatic carbocycles. The second-order valence-electron chi connectivity index (χ2n) is 4.49. The maximum absolute atomic E-state index is 10.7. The Morgan fingerprint density at radius 1 is 1.29 bits per heavy atom. The molecular formula is C12H13NO. The highest BCUT2D eigenvalue weighted by Crippen LogP contribution is 2.52. The average Bonchev–Trinajstić information content (AvgIpc) is 2.73. The first-order chi connectivity index (χ1) is 6.84. The molecular weight excluding hydrogens is 174 g/mol. The van der Waals surface area contributed by atoms with Gasteiger partial charge in [0.05, 0.1) is 0 Å². The number of carbonyl (C=O) groups excluding carboxylic acids is 1. The van der Waals surface area contributed by atoms with Gasteiger partial charge in [-0.15, -0.1) is 0 Å². The summed E-state index contributed by atoms with van der Waals surface area (Å²) in [7, 11) is 0. The van der Waals surface area contributed by atoms with Gasteiger partial charge in [-0.2, -0.15) is 0 Å². The highest BCUT2D eigenvalue weighted by atomic mass is 16.1. The zero-order valence-electron chi connectivity index (χ0n) is 8.02. The molecule has 4 rings (SSSR count). The maximum atomic E-state index is 10.7. The van der Waals surface area contributed by atoms with E-state index in [0.29, 0.717) is 11.5 Å². The molecule has 1 saturated carbocycles. The van der Waals surface area contributed by atoms with Gasteiger partial charge >= 0.3 is 0 Å². The molecule has 1 aromatic rings. The summed E-state index contributed by atoms with van der Waals surface area (Å²) in [4.78, 5) is 12.7. The standard InChI is InChI=1S/C12H13NO/c14-9-13-8-12(6-11(13)7-12)10-4-2-1-3-5-10/h1-5,9,11H,6-8H2. The Hall–Kier alpha value is -1.31. The van der Waals surface area contributed by atoms with Gasteiger partial charge in [-0.05, 0) is 18.4 Å². The summed E-state index contributed by atoms with van der Waals surface area (Å²) in [6.45, 7) is 0.922. The lowest BCUT2D eigenvalue weighted by Gasteiger charge is -2.37. The Labute approximate surface area is 83.5 Å². The summed E-state index contributed by atoms with van der Waals surface area (Å²) in [6.07, 6.45) is 3.33. The SMILES string of the molecule is O=CN1CC2(c3ccccc3)CC1C2. The van der Waals surface area contributed by atoms with Gasteiger partial charge in [0.25, 0.3) is 0 Å². The number of nitrogens with zero attached hydrogens (tertiary/aromatic N) is 1. The molecule has 2 saturated heterocycles. The summed E-state index contributed by atoms with van der Waals surface area (Å²) in [5.74, 6) is 0. The number of carbonyl (C=O) groups is 1. The number of fused-ring (bicyclic) bond motifs is 1. The number of hydrogen-bond donors (Lipinski definition) is 0. The van der Waals surface area contributed by atoms with Crippen LogP contribution in [-0.2, 0) is 10.2 Å². The molecule has 0 radical (unpaired) electrons. The third kappa shape index (κ3) is 0.884. The van der Waals surface area contributed by atoms with E-state index in [0.717, 1.165) is 25.8 Å². The van der Waals surface area contributed by atoms with Crippen molar-refractivity contribution < 1.29 is 4.79 Å². The van der Waals surface area contributed by atoms with E-state index in [1.165, 1.54) is 5.56 Å². The van der Waals surface area contributed by atoms with E-state index in [4.69, 9.17) is 0 Å². The number of amides is 1. The van der Waals surface area contributed by atoms with E-state index in [2.05, 4.69) is 24.3 Å². The molecule has 14 heavy (non-hydrogen) atoms. The summed E-state index contributed by atoms with van der Waals surface area (Å²) < 4.78 is 0. The fraction of sp³-hybridized carbons (Fsp3) is 0.417. The Kier molecular flexibility index (Phi) is 1.49. The quantitative estimate of drug-likeness (QED) is 0.643. The summed E-state index contributed by atoms with van der Waals surface area (Å²) in [5, 5.41) is 0. The van der Waals surface area contributed by atoms with Crippen LogP contribution in [0.3, 0.4) is 0 Å². The van der Waals surface area contributed by atoms with Gasteiger partial charge < -0.3 is 4.90 Å². The van der Waals surface area contributed by atoms with Crippen LogP contribution in [0.4, 0.5) is 0 Å². The van der Waals surface area contributed by atoms with Crippen molar-refractivity contribution in [1.29, 1.82) is 0 Å². The highest BCUT2D eigenvalue weighted by Gasteiger charge is 2.55. The second-order valence-corrected chi connectivity index (χ2v) is 4.49. The van der Waals surface area contributed by atoms with Crippen LogP contribution >= 0.6 is 0 Å². The molecule has 1 amide bonds. The van der Waals surface area contributed by atoms with Gasteiger partial charge in [0.15, 0.2) is 0 Å². The zero-order valence-corrected chi connectivity index (χ0v) is 8.02. The van der Waals surface area contributed by atoms with Gasteiger partial charge in [0.2, 0.25) is 6.41 Å². The molecule has 0 atom stereocenters. The summed E-state index contributed by atoms with van der Waals surface area (Å²) in [5.41, 5.74) is 1.70. The molecule has 1 aliphatic carbocycles. The van der Waals surface area contributed by atoms with Gasteiger partial charge in [-0.3, -0.25) is 4.79 Å². The minimum absolute atomic E-state index is 0.298. The minimum Gasteiger partial charge on any atom is -0.341 e. The topological polar surface area (TPSA) is 20.3 Å². The van der Waals surface area contributed by atoms with Gasteiger partial charge in [-0.1, -0.05) is 30.3 Å². The molecule has 2 heterocycles. The van der Waals surface area contributed by atoms with Crippen LogP contribution in [0.1, 0.15) is 18.4 Å². The van der Waals surface area contributed by atoms with E-state index in [1.54, 1.807) is 0 Å². The number of hydrogen-bond acceptors (Lipinski definition) is 1. The molecule has 0 spiro atoms. The molecule has 3 aliphatic rings. The van der Waals surface area contributed by atoms with Crippen molar-refractivity contribution in [3.63, 3.8) is 0 Å². The molecule has 0 N–H and O–H groups in total. The molecule has 2 aliphatic heterocycles. The molecule has 3 fully saturated rings. The van der Waals surface area contributed by atoms with Crippen LogP contribution in [0.2, 0.25) is 0 Å². The lowest BCUT2D eigenvalue weighted by atomic mass is 9.66. The third-order valence-corrected chi connectivity index (χ3v) is 3.73. The average molecular weight is 187 g/mol. The normalized spacial score (nSPS) is 34.0. The third-order valence-electron chi connectivity index (χ3n) is 3.73. The fourth-order valence-corrected chi connectivity index (χ4v) is 2.93. The van der Waals surface area contributed by atoms with Crippen molar-refractivity contribution in [2.45, 2.75) is 24.3 Å². The minimum atomic E-state index is 0.298. The largest absolute Gasteiger partial charge is 0.341 e. The van der Waals surface area contributed by atoms with Crippen molar-refractivity contribution >= 4 is 6.41 Å². The Bertz CT molecular complexity index is 354. The monoisotopic (exact) mass is 187 g/mol. The van der Waals surface area contributed by atoms with E-state index >= 15 is 0 Å². The molecule has 0 aromatic heterocycles. The van der Waals surface area contributed by atoms with Gasteiger partial charge in [-0.25, -0.2) is 0 Å². The second kappa shape index (κ2) is 2.59. The van der Waals surface area contributed by atoms with Crippen molar-refractivity contribution in [3.05, 3.63) is 35.9 Å². The van der Waals surface area contributed by atoms with Crippen LogP contribution in [0.25, 0.3) is 0 Å². The number of benzene rings is 1. The first kappa shape index (κ1) is 8.04. The molecule has 0 unspecified atom stereocenters. The maximum Gasteiger partial charge on any atom is 0.209 e. The molecule has 2 bridgehead atoms. The van der Waals surface area contributed by atoms with Crippen LogP contribution in [0.15, 0.2) is 30.3 Å². The van der Waals surface area contributed by atoms with Crippen LogP contribution in [0.5, 0.6) is 0 Å². The van der Waals surface area contributed by atoms with Crippen LogP contribution in [0, 0.1) is 0 Å². The van der Waals surface area contributed by atoms with E-state index in [9.17, 15) is 4.79 Å². The lowest BCUT2D eigenvalue weighted by Crippen LogP contribution is -2.37. The van der Waals surface area contributed by atoms with E-state index < -0.39 is 0 Å². The Morgan fingerprint density at radius 3 is 2.57 bits per heavy atom. The predicted octanol–water partition coefficient (Wildman–Crippen LogP) is 1.56. The highest BCUT2D eigenvalue weighted by molar-refractivity contribution is 5.53. The first-order valence-corrected chi connectivity index (χ1v) is 5.11. The van der Waals surface area contributed by atoms with Gasteiger partial charge in [0, 0.05) is 18.0 Å². The number of rotatable bonds is 2. The van der Waals surface area contributed by atoms with E-state index in [1.807, 2.05) is 11.0 Å². The van der Waals surface area contributed by atoms with Crippen LogP contribution in [-0.4, -0.2) is 23.9 Å². The van der Waals surface area contributed by atoms with Crippen molar-refractivity contribution in [1.82, 2.24) is 4.90 Å². The molecule has 2 nitrogen and oxygen atoms in total. The summed E-state index contributed by atoms with van der Waals surface area (Å²) >= 11 is 0. The molecule has 2 heteroatoms. The molecule has 72 valence electrons. The predicted molar refractivity (Wildman–Crippen MR) is 53.9 cm³/mol. The Balaban J connectivity index is 1.92. The van der Waals surface area contributed by atoms with Gasteiger partial charge in [0.1, 0.15) is 0 Å². The smallest absolute Gasteiger partial charge is 0.209 e. The zero-order chi connectivity index (χ0) is 9.60.